The summed E-state index contributed by atoms with van der Waals surface area (Å²) in [5.74, 6) is 0.762. The van der Waals surface area contributed by atoms with E-state index in [1.807, 2.05) is 0 Å². The van der Waals surface area contributed by atoms with Gasteiger partial charge < -0.3 is 15.5 Å². The zero-order chi connectivity index (χ0) is 12.3. The average Bonchev–Trinajstić information content (AvgIpc) is 2.39. The van der Waals surface area contributed by atoms with Crippen molar-refractivity contribution < 1.29 is 0 Å². The minimum Gasteiger partial charge on any atom is -0.397 e. The zero-order valence-electron chi connectivity index (χ0n) is 10.1. The average molecular weight is 231 g/mol. The van der Waals surface area contributed by atoms with Crippen LogP contribution in [0.1, 0.15) is 12.5 Å². The maximum Gasteiger partial charge on any atom is 0.146 e. The molecule has 17 heavy (non-hydrogen) atoms. The molecule has 1 aromatic rings. The number of likely N-dealkylation sites (N-methyl/N-ethyl adjacent to an activating group) is 1. The molecule has 2 rings (SSSR count). The van der Waals surface area contributed by atoms with Crippen LogP contribution in [0.15, 0.2) is 12.3 Å². The van der Waals surface area contributed by atoms with E-state index in [9.17, 15) is 0 Å². The lowest BCUT2D eigenvalue weighted by atomic mass is 10.2. The Morgan fingerprint density at radius 3 is 2.71 bits per heavy atom. The summed E-state index contributed by atoms with van der Waals surface area (Å²) >= 11 is 0. The van der Waals surface area contributed by atoms with E-state index in [0.717, 1.165) is 38.5 Å². The summed E-state index contributed by atoms with van der Waals surface area (Å²) in [4.78, 5) is 8.83. The fraction of sp³-hybridized carbons (Fsp3) is 0.500. The third kappa shape index (κ3) is 2.48. The van der Waals surface area contributed by atoms with Crippen LogP contribution in [0.5, 0.6) is 0 Å². The number of rotatable bonds is 2. The van der Waals surface area contributed by atoms with Gasteiger partial charge in [-0.2, -0.15) is 5.26 Å². The van der Waals surface area contributed by atoms with Crippen molar-refractivity contribution in [2.75, 3.05) is 43.4 Å². The molecule has 0 spiro atoms. The summed E-state index contributed by atoms with van der Waals surface area (Å²) in [7, 11) is 0. The van der Waals surface area contributed by atoms with Crippen LogP contribution in [0.25, 0.3) is 0 Å². The monoisotopic (exact) mass is 231 g/mol. The molecule has 5 nitrogen and oxygen atoms in total. The highest BCUT2D eigenvalue weighted by Crippen LogP contribution is 2.20. The Bertz CT molecular complexity index is 429. The first-order valence-electron chi connectivity index (χ1n) is 5.87. The molecule has 0 unspecified atom stereocenters. The first-order valence-corrected chi connectivity index (χ1v) is 5.87. The molecule has 2 heterocycles. The first-order chi connectivity index (χ1) is 8.24. The molecule has 90 valence electrons. The molecule has 0 aliphatic carbocycles. The molecule has 0 atom stereocenters. The summed E-state index contributed by atoms with van der Waals surface area (Å²) < 4.78 is 0. The van der Waals surface area contributed by atoms with Crippen LogP contribution in [0.4, 0.5) is 11.5 Å². The molecule has 0 amide bonds. The van der Waals surface area contributed by atoms with Gasteiger partial charge in [-0.3, -0.25) is 0 Å². The zero-order valence-corrected chi connectivity index (χ0v) is 10.1. The number of piperazine rings is 1. The highest BCUT2D eigenvalue weighted by atomic mass is 15.3. The largest absolute Gasteiger partial charge is 0.397 e. The van der Waals surface area contributed by atoms with E-state index in [-0.39, 0.29) is 0 Å². The fourth-order valence-corrected chi connectivity index (χ4v) is 2.08. The Labute approximate surface area is 101 Å². The van der Waals surface area contributed by atoms with Crippen LogP contribution in [0.2, 0.25) is 0 Å². The van der Waals surface area contributed by atoms with Crippen LogP contribution in [0.3, 0.4) is 0 Å². The van der Waals surface area contributed by atoms with Gasteiger partial charge in [0, 0.05) is 26.2 Å². The van der Waals surface area contributed by atoms with Crippen LogP contribution < -0.4 is 10.6 Å². The fourth-order valence-electron chi connectivity index (χ4n) is 2.08. The second kappa shape index (κ2) is 5.02. The van der Waals surface area contributed by atoms with Gasteiger partial charge in [-0.1, -0.05) is 6.92 Å². The summed E-state index contributed by atoms with van der Waals surface area (Å²) in [6.45, 7) is 7.12. The first kappa shape index (κ1) is 11.7. The number of nitrogens with two attached hydrogens (primary N) is 1. The van der Waals surface area contributed by atoms with Gasteiger partial charge in [-0.15, -0.1) is 0 Å². The van der Waals surface area contributed by atoms with Crippen molar-refractivity contribution in [2.45, 2.75) is 6.92 Å². The van der Waals surface area contributed by atoms with E-state index < -0.39 is 0 Å². The van der Waals surface area contributed by atoms with Gasteiger partial charge in [0.15, 0.2) is 0 Å². The standard InChI is InChI=1S/C12H17N5/c1-2-16-3-5-17(6-4-16)12-10(8-13)7-11(14)9-15-12/h7,9H,2-6,14H2,1H3. The number of hydrogen-bond acceptors (Lipinski definition) is 5. The van der Waals surface area contributed by atoms with Crippen molar-refractivity contribution >= 4 is 11.5 Å². The Morgan fingerprint density at radius 2 is 2.12 bits per heavy atom. The molecule has 1 fully saturated rings. The smallest absolute Gasteiger partial charge is 0.146 e. The lowest BCUT2D eigenvalue weighted by Crippen LogP contribution is -2.46. The molecule has 0 bridgehead atoms. The number of pyridine rings is 1. The van der Waals surface area contributed by atoms with Crippen molar-refractivity contribution in [3.05, 3.63) is 17.8 Å². The maximum atomic E-state index is 9.09. The highest BCUT2D eigenvalue weighted by Gasteiger charge is 2.19. The van der Waals surface area contributed by atoms with E-state index >= 15 is 0 Å². The minimum atomic E-state index is 0.539. The molecule has 0 aromatic carbocycles. The van der Waals surface area contributed by atoms with Crippen LogP contribution in [0, 0.1) is 11.3 Å². The Kier molecular flexibility index (Phi) is 3.45. The molecule has 0 radical (unpaired) electrons. The van der Waals surface area contributed by atoms with Crippen molar-refractivity contribution in [1.29, 1.82) is 5.26 Å². The van der Waals surface area contributed by atoms with Crippen molar-refractivity contribution in [1.82, 2.24) is 9.88 Å². The van der Waals surface area contributed by atoms with Gasteiger partial charge in [0.1, 0.15) is 11.9 Å². The van der Waals surface area contributed by atoms with Crippen LogP contribution in [-0.4, -0.2) is 42.6 Å². The summed E-state index contributed by atoms with van der Waals surface area (Å²) in [6.07, 6.45) is 1.61. The molecule has 2 N–H and O–H groups in total. The van der Waals surface area contributed by atoms with Crippen LogP contribution in [-0.2, 0) is 0 Å². The SMILES string of the molecule is CCN1CCN(c2ncc(N)cc2C#N)CC1. The molecule has 5 heteroatoms. The molecule has 1 aromatic heterocycles. The van der Waals surface area contributed by atoms with E-state index in [0.29, 0.717) is 11.3 Å². The van der Waals surface area contributed by atoms with E-state index in [1.54, 1.807) is 12.3 Å². The maximum absolute atomic E-state index is 9.09. The summed E-state index contributed by atoms with van der Waals surface area (Å²) in [5, 5.41) is 9.09. The number of nitrogens with zero attached hydrogens (tertiary/aromatic N) is 4. The lowest BCUT2D eigenvalue weighted by Gasteiger charge is -2.35. The summed E-state index contributed by atoms with van der Waals surface area (Å²) in [6, 6.07) is 3.85. The van der Waals surface area contributed by atoms with E-state index in [2.05, 4.69) is 27.8 Å². The van der Waals surface area contributed by atoms with Crippen LogP contribution >= 0.6 is 0 Å². The van der Waals surface area contributed by atoms with Crippen molar-refractivity contribution in [3.63, 3.8) is 0 Å². The highest BCUT2D eigenvalue weighted by molar-refractivity contribution is 5.59. The van der Waals surface area contributed by atoms with Gasteiger partial charge in [0.25, 0.3) is 0 Å². The quantitative estimate of drug-likeness (QED) is 0.810. The molecule has 0 saturated carbocycles. The van der Waals surface area contributed by atoms with Crippen molar-refractivity contribution in [3.8, 4) is 6.07 Å². The number of hydrogen-bond donors (Lipinski definition) is 1. The third-order valence-electron chi connectivity index (χ3n) is 3.13. The molecule has 1 saturated heterocycles. The molecule has 1 aliphatic rings. The number of nitriles is 1. The minimum absolute atomic E-state index is 0.539. The third-order valence-corrected chi connectivity index (χ3v) is 3.13. The Balaban J connectivity index is 2.16. The molecular formula is C12H17N5. The van der Waals surface area contributed by atoms with E-state index in [1.165, 1.54) is 0 Å². The predicted molar refractivity (Wildman–Crippen MR) is 67.7 cm³/mol. The van der Waals surface area contributed by atoms with Gasteiger partial charge in [0.2, 0.25) is 0 Å². The van der Waals surface area contributed by atoms with E-state index in [4.69, 9.17) is 11.0 Å². The Morgan fingerprint density at radius 1 is 1.41 bits per heavy atom. The molecule has 1 aliphatic heterocycles. The lowest BCUT2D eigenvalue weighted by molar-refractivity contribution is 0.270. The second-order valence-electron chi connectivity index (χ2n) is 4.17. The predicted octanol–water partition coefficient (Wildman–Crippen LogP) is 0.677. The van der Waals surface area contributed by atoms with Gasteiger partial charge in [-0.05, 0) is 12.6 Å². The van der Waals surface area contributed by atoms with Gasteiger partial charge >= 0.3 is 0 Å². The van der Waals surface area contributed by atoms with Crippen molar-refractivity contribution in [2.24, 2.45) is 0 Å². The normalized spacial score (nSPS) is 16.8. The number of nitrogen functional groups attached to an aromatic ring is 1. The summed E-state index contributed by atoms with van der Waals surface area (Å²) in [5.41, 5.74) is 6.74. The van der Waals surface area contributed by atoms with Gasteiger partial charge in [0.05, 0.1) is 17.4 Å². The number of aromatic nitrogens is 1. The topological polar surface area (TPSA) is 69.2 Å². The molecular weight excluding hydrogens is 214 g/mol. The Hall–Kier alpha value is -1.80. The second-order valence-corrected chi connectivity index (χ2v) is 4.17. The number of anilines is 2. The van der Waals surface area contributed by atoms with Gasteiger partial charge in [-0.25, -0.2) is 4.98 Å².